The first-order valence-electron chi connectivity index (χ1n) is 6.39. The molecule has 1 unspecified atom stereocenters. The van der Waals surface area contributed by atoms with Gasteiger partial charge in [0.2, 0.25) is 5.91 Å². The van der Waals surface area contributed by atoms with E-state index in [-0.39, 0.29) is 11.2 Å². The summed E-state index contributed by atoms with van der Waals surface area (Å²) < 4.78 is 0. The summed E-state index contributed by atoms with van der Waals surface area (Å²) in [5.74, 6) is 0.621. The van der Waals surface area contributed by atoms with Crippen molar-refractivity contribution in [1.82, 2.24) is 5.32 Å². The van der Waals surface area contributed by atoms with Gasteiger partial charge in [0.1, 0.15) is 0 Å². The van der Waals surface area contributed by atoms with Gasteiger partial charge < -0.3 is 11.1 Å². The van der Waals surface area contributed by atoms with Gasteiger partial charge in [-0.2, -0.15) is 0 Å². The molecule has 0 radical (unpaired) electrons. The maximum absolute atomic E-state index is 11.9. The van der Waals surface area contributed by atoms with Crippen LogP contribution in [0.4, 0.5) is 5.69 Å². The highest BCUT2D eigenvalue weighted by Crippen LogP contribution is 2.31. The second-order valence-electron chi connectivity index (χ2n) is 4.92. The zero-order valence-electron chi connectivity index (χ0n) is 11.6. The first-order chi connectivity index (χ1) is 8.90. The first-order valence-corrected chi connectivity index (χ1v) is 7.65. The van der Waals surface area contributed by atoms with E-state index in [4.69, 9.17) is 17.3 Å². The Kier molecular flexibility index (Phi) is 6.52. The number of nitrogen functional groups attached to an aromatic ring is 1. The van der Waals surface area contributed by atoms with Crippen molar-refractivity contribution in [3.63, 3.8) is 0 Å². The molecule has 1 atom stereocenters. The van der Waals surface area contributed by atoms with E-state index >= 15 is 0 Å². The summed E-state index contributed by atoms with van der Waals surface area (Å²) in [5.41, 5.74) is 6.37. The van der Waals surface area contributed by atoms with Crippen LogP contribution in [0.25, 0.3) is 0 Å². The van der Waals surface area contributed by atoms with Gasteiger partial charge in [-0.1, -0.05) is 25.4 Å². The van der Waals surface area contributed by atoms with Crippen LogP contribution in [0.3, 0.4) is 0 Å². The molecule has 19 heavy (non-hydrogen) atoms. The number of benzene rings is 1. The topological polar surface area (TPSA) is 55.1 Å². The Hall–Kier alpha value is -0.870. The molecule has 1 rings (SSSR count). The highest BCUT2D eigenvalue weighted by atomic mass is 35.5. The van der Waals surface area contributed by atoms with Gasteiger partial charge in [0.05, 0.1) is 10.3 Å². The second kappa shape index (κ2) is 7.65. The van der Waals surface area contributed by atoms with Crippen LogP contribution in [0.15, 0.2) is 23.1 Å². The van der Waals surface area contributed by atoms with Gasteiger partial charge in [-0.25, -0.2) is 0 Å². The lowest BCUT2D eigenvalue weighted by Gasteiger charge is -2.14. The summed E-state index contributed by atoms with van der Waals surface area (Å²) in [4.78, 5) is 12.8. The normalized spacial score (nSPS) is 12.5. The number of carbonyl (C=O) groups excluding carboxylic acids is 1. The fourth-order valence-corrected chi connectivity index (χ4v) is 2.69. The van der Waals surface area contributed by atoms with Crippen molar-refractivity contribution >= 4 is 35.0 Å². The number of anilines is 1. The summed E-state index contributed by atoms with van der Waals surface area (Å²) in [7, 11) is 0. The van der Waals surface area contributed by atoms with Crippen LogP contribution in [-0.4, -0.2) is 17.7 Å². The predicted octanol–water partition coefficient (Wildman–Crippen LogP) is 3.57. The minimum absolute atomic E-state index is 0.0316. The number of hydrogen-bond acceptors (Lipinski definition) is 3. The molecule has 1 aromatic carbocycles. The Morgan fingerprint density at radius 2 is 2.11 bits per heavy atom. The standard InChI is InChI=1S/C14H21ClN2OS/c1-9(2)6-7-17-14(18)10(3)19-13-8-11(16)4-5-12(13)15/h4-5,8-10H,6-7,16H2,1-3H3,(H,17,18). The molecule has 3 N–H and O–H groups in total. The van der Waals surface area contributed by atoms with E-state index in [1.807, 2.05) is 6.92 Å². The number of thioether (sulfide) groups is 1. The van der Waals surface area contributed by atoms with E-state index < -0.39 is 0 Å². The molecule has 0 aliphatic rings. The Morgan fingerprint density at radius 3 is 2.74 bits per heavy atom. The summed E-state index contributed by atoms with van der Waals surface area (Å²) in [6, 6.07) is 5.30. The van der Waals surface area contributed by atoms with Crippen LogP contribution in [-0.2, 0) is 4.79 Å². The van der Waals surface area contributed by atoms with E-state index in [0.717, 1.165) is 11.3 Å². The van der Waals surface area contributed by atoms with E-state index in [1.165, 1.54) is 11.8 Å². The van der Waals surface area contributed by atoms with Crippen LogP contribution >= 0.6 is 23.4 Å². The maximum Gasteiger partial charge on any atom is 0.233 e. The first kappa shape index (κ1) is 16.2. The largest absolute Gasteiger partial charge is 0.399 e. The molecule has 106 valence electrons. The Morgan fingerprint density at radius 1 is 1.42 bits per heavy atom. The van der Waals surface area contributed by atoms with Crippen LogP contribution in [0.2, 0.25) is 5.02 Å². The number of carbonyl (C=O) groups is 1. The summed E-state index contributed by atoms with van der Waals surface area (Å²) in [6.07, 6.45) is 0.988. The van der Waals surface area contributed by atoms with Crippen molar-refractivity contribution in [2.45, 2.75) is 37.3 Å². The Bertz CT molecular complexity index is 437. The van der Waals surface area contributed by atoms with E-state index in [1.54, 1.807) is 18.2 Å². The molecule has 0 aliphatic carbocycles. The Balaban J connectivity index is 2.51. The van der Waals surface area contributed by atoms with Crippen molar-refractivity contribution in [1.29, 1.82) is 0 Å². The fraction of sp³-hybridized carbons (Fsp3) is 0.500. The molecule has 0 bridgehead atoms. The van der Waals surface area contributed by atoms with Gasteiger partial charge in [0.15, 0.2) is 0 Å². The van der Waals surface area contributed by atoms with E-state index in [0.29, 0.717) is 23.2 Å². The maximum atomic E-state index is 11.9. The molecule has 3 nitrogen and oxygen atoms in total. The summed E-state index contributed by atoms with van der Waals surface area (Å²) in [6.45, 7) is 6.86. The molecule has 5 heteroatoms. The van der Waals surface area contributed by atoms with Crippen molar-refractivity contribution in [2.24, 2.45) is 5.92 Å². The number of nitrogens with one attached hydrogen (secondary N) is 1. The highest BCUT2D eigenvalue weighted by molar-refractivity contribution is 8.00. The molecule has 0 spiro atoms. The van der Waals surface area contributed by atoms with Crippen LogP contribution < -0.4 is 11.1 Å². The zero-order chi connectivity index (χ0) is 14.4. The van der Waals surface area contributed by atoms with Crippen molar-refractivity contribution < 1.29 is 4.79 Å². The lowest BCUT2D eigenvalue weighted by atomic mass is 10.1. The van der Waals surface area contributed by atoms with Gasteiger partial charge >= 0.3 is 0 Å². The van der Waals surface area contributed by atoms with Gasteiger partial charge in [-0.05, 0) is 37.5 Å². The number of nitrogens with two attached hydrogens (primary N) is 1. The lowest BCUT2D eigenvalue weighted by Crippen LogP contribution is -2.32. The number of hydrogen-bond donors (Lipinski definition) is 2. The molecule has 0 aliphatic heterocycles. The molecule has 0 saturated heterocycles. The SMILES string of the molecule is CC(C)CCNC(=O)C(C)Sc1cc(N)ccc1Cl. The monoisotopic (exact) mass is 300 g/mol. The predicted molar refractivity (Wildman–Crippen MR) is 83.6 cm³/mol. The van der Waals surface area contributed by atoms with Gasteiger partial charge in [0.25, 0.3) is 0 Å². The number of amides is 1. The minimum atomic E-state index is -0.188. The molecule has 0 saturated carbocycles. The molecular weight excluding hydrogens is 280 g/mol. The van der Waals surface area contributed by atoms with Crippen molar-refractivity contribution in [3.8, 4) is 0 Å². The lowest BCUT2D eigenvalue weighted by molar-refractivity contribution is -0.120. The molecule has 0 fully saturated rings. The molecule has 0 heterocycles. The molecule has 0 aromatic heterocycles. The number of rotatable bonds is 6. The van der Waals surface area contributed by atoms with Crippen molar-refractivity contribution in [3.05, 3.63) is 23.2 Å². The third-order valence-electron chi connectivity index (χ3n) is 2.65. The van der Waals surface area contributed by atoms with E-state index in [2.05, 4.69) is 19.2 Å². The summed E-state index contributed by atoms with van der Waals surface area (Å²) in [5, 5.41) is 3.37. The number of halogens is 1. The third kappa shape index (κ3) is 5.74. The quantitative estimate of drug-likeness (QED) is 0.624. The van der Waals surface area contributed by atoms with Crippen LogP contribution in [0.5, 0.6) is 0 Å². The highest BCUT2D eigenvalue weighted by Gasteiger charge is 2.15. The van der Waals surface area contributed by atoms with Crippen LogP contribution in [0.1, 0.15) is 27.2 Å². The average Bonchev–Trinajstić information content (AvgIpc) is 2.33. The smallest absolute Gasteiger partial charge is 0.233 e. The molecule has 1 amide bonds. The summed E-state index contributed by atoms with van der Waals surface area (Å²) >= 11 is 7.51. The fourth-order valence-electron chi connectivity index (χ4n) is 1.48. The minimum Gasteiger partial charge on any atom is -0.399 e. The molecular formula is C14H21ClN2OS. The Labute approximate surface area is 124 Å². The van der Waals surface area contributed by atoms with Gasteiger partial charge in [-0.15, -0.1) is 11.8 Å². The van der Waals surface area contributed by atoms with Crippen molar-refractivity contribution in [2.75, 3.05) is 12.3 Å². The zero-order valence-corrected chi connectivity index (χ0v) is 13.1. The average molecular weight is 301 g/mol. The molecule has 1 aromatic rings. The second-order valence-corrected chi connectivity index (χ2v) is 6.71. The van der Waals surface area contributed by atoms with E-state index in [9.17, 15) is 4.79 Å². The van der Waals surface area contributed by atoms with Crippen LogP contribution in [0, 0.1) is 5.92 Å². The third-order valence-corrected chi connectivity index (χ3v) is 4.25. The van der Waals surface area contributed by atoms with Gasteiger partial charge in [0, 0.05) is 17.1 Å². The van der Waals surface area contributed by atoms with Gasteiger partial charge in [-0.3, -0.25) is 4.79 Å².